The topological polar surface area (TPSA) is 103 Å². The Kier molecular flexibility index (Phi) is 3.11. The van der Waals surface area contributed by atoms with Crippen molar-refractivity contribution in [1.29, 1.82) is 0 Å². The second-order valence-corrected chi connectivity index (χ2v) is 4.88. The van der Waals surface area contributed by atoms with Gasteiger partial charge in [-0.25, -0.2) is 13.6 Å². The first-order chi connectivity index (χ1) is 6.84. The number of carbonyl (C=O) groups is 1. The summed E-state index contributed by atoms with van der Waals surface area (Å²) in [7, 11) is -4.01. The molecule has 15 heavy (non-hydrogen) atoms. The van der Waals surface area contributed by atoms with Gasteiger partial charge in [0, 0.05) is 0 Å². The van der Waals surface area contributed by atoms with Crippen LogP contribution in [0.2, 0.25) is 0 Å². The fraction of sp³-hybridized carbons (Fsp3) is 0.222. The van der Waals surface area contributed by atoms with Gasteiger partial charge in [0.2, 0.25) is 15.9 Å². The van der Waals surface area contributed by atoms with Crippen molar-refractivity contribution in [2.45, 2.75) is 12.2 Å². The van der Waals surface area contributed by atoms with E-state index in [9.17, 15) is 13.2 Å². The van der Waals surface area contributed by atoms with E-state index >= 15 is 0 Å². The lowest BCUT2D eigenvalue weighted by molar-refractivity contribution is -0.117. The summed E-state index contributed by atoms with van der Waals surface area (Å²) in [5.74, 6) is -0.966. The summed E-state index contributed by atoms with van der Waals surface area (Å²) in [6.45, 7) is 1.69. The van der Waals surface area contributed by atoms with Crippen LogP contribution < -0.4 is 10.9 Å². The van der Waals surface area contributed by atoms with Crippen molar-refractivity contribution in [3.63, 3.8) is 0 Å². The van der Waals surface area contributed by atoms with E-state index < -0.39 is 21.2 Å². The van der Waals surface area contributed by atoms with Crippen molar-refractivity contribution < 1.29 is 13.2 Å². The molecule has 0 fully saturated rings. The van der Waals surface area contributed by atoms with Crippen LogP contribution in [0.15, 0.2) is 24.3 Å². The Bertz CT molecular complexity index is 482. The first kappa shape index (κ1) is 11.7. The van der Waals surface area contributed by atoms with Crippen LogP contribution in [0.25, 0.3) is 0 Å². The van der Waals surface area contributed by atoms with Crippen LogP contribution in [-0.2, 0) is 14.8 Å². The summed E-state index contributed by atoms with van der Waals surface area (Å²) in [5.41, 5.74) is 6.01. The summed E-state index contributed by atoms with van der Waals surface area (Å²) in [6, 6.07) is 6.58. The number of hydrogen-bond acceptors (Lipinski definition) is 3. The third kappa shape index (κ3) is 2.54. The first-order valence-electron chi connectivity index (χ1n) is 4.20. The Labute approximate surface area is 88.1 Å². The van der Waals surface area contributed by atoms with Crippen molar-refractivity contribution in [3.05, 3.63) is 35.4 Å². The molecule has 0 aliphatic carbocycles. The third-order valence-corrected chi connectivity index (χ3v) is 3.20. The second kappa shape index (κ2) is 4.00. The summed E-state index contributed by atoms with van der Waals surface area (Å²) < 4.78 is 22.4. The minimum Gasteiger partial charge on any atom is -0.368 e. The van der Waals surface area contributed by atoms with Gasteiger partial charge in [-0.1, -0.05) is 24.3 Å². The number of nitrogens with two attached hydrogens (primary N) is 2. The SMILES string of the molecule is Cc1ccccc1C(C(N)=O)S(N)(=O)=O. The highest BCUT2D eigenvalue weighted by atomic mass is 32.2. The Morgan fingerprint density at radius 2 is 1.87 bits per heavy atom. The van der Waals surface area contributed by atoms with Crippen molar-refractivity contribution in [3.8, 4) is 0 Å². The highest BCUT2D eigenvalue weighted by molar-refractivity contribution is 7.90. The molecule has 0 aromatic heterocycles. The van der Waals surface area contributed by atoms with E-state index in [4.69, 9.17) is 10.9 Å². The van der Waals surface area contributed by atoms with Gasteiger partial charge < -0.3 is 5.73 Å². The maximum Gasteiger partial charge on any atom is 0.241 e. The molecule has 0 aliphatic heterocycles. The van der Waals surface area contributed by atoms with E-state index in [0.717, 1.165) is 0 Å². The molecule has 0 bridgehead atoms. The molecule has 1 rings (SSSR count). The molecule has 0 aliphatic rings. The largest absolute Gasteiger partial charge is 0.368 e. The number of rotatable bonds is 3. The van der Waals surface area contributed by atoms with E-state index in [2.05, 4.69) is 0 Å². The number of hydrogen-bond donors (Lipinski definition) is 2. The summed E-state index contributed by atoms with van der Waals surface area (Å²) in [5, 5.41) is 3.48. The fourth-order valence-electron chi connectivity index (χ4n) is 1.37. The number of benzene rings is 1. The Morgan fingerprint density at radius 3 is 2.27 bits per heavy atom. The van der Waals surface area contributed by atoms with Crippen molar-refractivity contribution in [2.24, 2.45) is 10.9 Å². The predicted octanol–water partition coefficient (Wildman–Crippen LogP) is -0.190. The van der Waals surface area contributed by atoms with Gasteiger partial charge in [-0.05, 0) is 18.1 Å². The number of aryl methyl sites for hydroxylation is 1. The van der Waals surface area contributed by atoms with Crippen LogP contribution in [0.1, 0.15) is 16.4 Å². The quantitative estimate of drug-likeness (QED) is 0.749. The van der Waals surface area contributed by atoms with Crippen LogP contribution in [0.5, 0.6) is 0 Å². The van der Waals surface area contributed by atoms with E-state index in [-0.39, 0.29) is 0 Å². The predicted molar refractivity (Wildman–Crippen MR) is 56.2 cm³/mol. The number of primary sulfonamides is 1. The number of sulfonamides is 1. The van der Waals surface area contributed by atoms with Gasteiger partial charge >= 0.3 is 0 Å². The second-order valence-electron chi connectivity index (χ2n) is 3.23. The van der Waals surface area contributed by atoms with Gasteiger partial charge in [0.05, 0.1) is 0 Å². The van der Waals surface area contributed by atoms with Gasteiger partial charge in [0.1, 0.15) is 0 Å². The molecule has 1 unspecified atom stereocenters. The molecule has 1 aromatic rings. The molecule has 82 valence electrons. The molecule has 5 nitrogen and oxygen atoms in total. The Balaban J connectivity index is 3.36. The molecule has 0 spiro atoms. The molecule has 1 atom stereocenters. The van der Waals surface area contributed by atoms with E-state index in [1.165, 1.54) is 6.07 Å². The molecule has 0 heterocycles. The zero-order valence-corrected chi connectivity index (χ0v) is 8.99. The van der Waals surface area contributed by atoms with Crippen LogP contribution in [0, 0.1) is 6.92 Å². The molecule has 0 saturated carbocycles. The maximum absolute atomic E-state index is 11.2. The summed E-state index contributed by atoms with van der Waals surface area (Å²) >= 11 is 0. The standard InChI is InChI=1S/C9H12N2O3S/c1-6-4-2-3-5-7(6)8(9(10)12)15(11,13)14/h2-5,8H,1H3,(H2,10,12)(H2,11,13,14). The molecule has 0 saturated heterocycles. The molecule has 4 N–H and O–H groups in total. The smallest absolute Gasteiger partial charge is 0.241 e. The lowest BCUT2D eigenvalue weighted by Gasteiger charge is -2.13. The molecule has 1 amide bonds. The van der Waals surface area contributed by atoms with Crippen LogP contribution >= 0.6 is 0 Å². The normalized spacial score (nSPS) is 13.5. The zero-order valence-electron chi connectivity index (χ0n) is 8.17. The molecular weight excluding hydrogens is 216 g/mol. The molecule has 1 aromatic carbocycles. The fourth-order valence-corrected chi connectivity index (χ4v) is 2.32. The maximum atomic E-state index is 11.2. The van der Waals surface area contributed by atoms with Gasteiger partial charge in [0.15, 0.2) is 5.25 Å². The van der Waals surface area contributed by atoms with Gasteiger partial charge in [-0.3, -0.25) is 4.79 Å². The van der Waals surface area contributed by atoms with Gasteiger partial charge in [-0.2, -0.15) is 0 Å². The molecular formula is C9H12N2O3S. The Hall–Kier alpha value is -1.40. The van der Waals surface area contributed by atoms with Crippen molar-refractivity contribution in [2.75, 3.05) is 0 Å². The third-order valence-electron chi connectivity index (χ3n) is 2.06. The van der Waals surface area contributed by atoms with E-state index in [1.807, 2.05) is 0 Å². The average molecular weight is 228 g/mol. The van der Waals surface area contributed by atoms with E-state index in [0.29, 0.717) is 11.1 Å². The summed E-state index contributed by atoms with van der Waals surface area (Å²) in [6.07, 6.45) is 0. The minimum absolute atomic E-state index is 0.326. The van der Waals surface area contributed by atoms with Crippen LogP contribution in [0.3, 0.4) is 0 Å². The Morgan fingerprint density at radius 1 is 1.33 bits per heavy atom. The number of amides is 1. The first-order valence-corrected chi connectivity index (χ1v) is 5.81. The monoisotopic (exact) mass is 228 g/mol. The average Bonchev–Trinajstić information content (AvgIpc) is 2.05. The van der Waals surface area contributed by atoms with E-state index in [1.54, 1.807) is 25.1 Å². The van der Waals surface area contributed by atoms with Gasteiger partial charge in [0.25, 0.3) is 0 Å². The summed E-state index contributed by atoms with van der Waals surface area (Å²) in [4.78, 5) is 11.1. The molecule has 6 heteroatoms. The van der Waals surface area contributed by atoms with Crippen LogP contribution in [-0.4, -0.2) is 14.3 Å². The number of carbonyl (C=O) groups excluding carboxylic acids is 1. The minimum atomic E-state index is -4.01. The van der Waals surface area contributed by atoms with Gasteiger partial charge in [-0.15, -0.1) is 0 Å². The number of primary amides is 1. The molecule has 0 radical (unpaired) electrons. The highest BCUT2D eigenvalue weighted by Crippen LogP contribution is 2.22. The zero-order chi connectivity index (χ0) is 11.6. The highest BCUT2D eigenvalue weighted by Gasteiger charge is 2.30. The van der Waals surface area contributed by atoms with Crippen LogP contribution in [0.4, 0.5) is 0 Å². The lowest BCUT2D eigenvalue weighted by atomic mass is 10.1. The van der Waals surface area contributed by atoms with Crippen molar-refractivity contribution >= 4 is 15.9 Å². The lowest BCUT2D eigenvalue weighted by Crippen LogP contribution is -2.33. The van der Waals surface area contributed by atoms with Crippen molar-refractivity contribution in [1.82, 2.24) is 0 Å².